The van der Waals surface area contributed by atoms with Gasteiger partial charge in [0, 0.05) is 18.4 Å². The number of hydrogen-bond donors (Lipinski definition) is 3. The average Bonchev–Trinajstić information content (AvgIpc) is 2.33. The van der Waals surface area contributed by atoms with Crippen molar-refractivity contribution in [2.45, 2.75) is 10.7 Å². The van der Waals surface area contributed by atoms with Crippen molar-refractivity contribution in [3.63, 3.8) is 0 Å². The van der Waals surface area contributed by atoms with Crippen molar-refractivity contribution < 1.29 is 13.2 Å². The lowest BCUT2D eigenvalue weighted by atomic mass is 10.5. The Bertz CT molecular complexity index is 365. The minimum Gasteiger partial charge on any atom is -0.369 e. The zero-order valence-electron chi connectivity index (χ0n) is 9.41. The van der Waals surface area contributed by atoms with Crippen LogP contribution in [0.2, 0.25) is 0 Å². The molecule has 1 aromatic heterocycles. The molecular formula is C8H12F3N5S2. The molecule has 5 nitrogen and oxygen atoms in total. The van der Waals surface area contributed by atoms with Gasteiger partial charge in [0.1, 0.15) is 11.6 Å². The molecule has 10 heteroatoms. The molecule has 102 valence electrons. The van der Waals surface area contributed by atoms with E-state index in [9.17, 15) is 13.2 Å². The average molecular weight is 299 g/mol. The standard InChI is InChI=1S/C8H12F3N5S2/c1-17-7-14-5(4-6(15-7)16-12)13-2-3-18-8(9,10)11/h4H,2-3,12H2,1H3,(H2,13,14,15,16). The number of hydrazine groups is 1. The minimum absolute atomic E-state index is 0.0787. The van der Waals surface area contributed by atoms with Crippen molar-refractivity contribution in [2.75, 3.05) is 29.3 Å². The van der Waals surface area contributed by atoms with Gasteiger partial charge in [0.05, 0.1) is 0 Å². The van der Waals surface area contributed by atoms with Crippen molar-refractivity contribution in [1.29, 1.82) is 0 Å². The summed E-state index contributed by atoms with van der Waals surface area (Å²) in [4.78, 5) is 8.12. The van der Waals surface area contributed by atoms with Crippen molar-refractivity contribution in [3.8, 4) is 0 Å². The number of anilines is 2. The Morgan fingerprint density at radius 3 is 2.56 bits per heavy atom. The van der Waals surface area contributed by atoms with Crippen LogP contribution in [-0.4, -0.2) is 34.0 Å². The second-order valence-electron chi connectivity index (χ2n) is 2.99. The van der Waals surface area contributed by atoms with Crippen molar-refractivity contribution in [3.05, 3.63) is 6.07 Å². The zero-order chi connectivity index (χ0) is 13.6. The number of nitrogens with one attached hydrogen (secondary N) is 2. The van der Waals surface area contributed by atoms with Gasteiger partial charge in [0.25, 0.3) is 0 Å². The Morgan fingerprint density at radius 2 is 2.00 bits per heavy atom. The molecule has 0 amide bonds. The van der Waals surface area contributed by atoms with Crippen molar-refractivity contribution >= 4 is 35.2 Å². The van der Waals surface area contributed by atoms with Gasteiger partial charge in [-0.25, -0.2) is 15.8 Å². The van der Waals surface area contributed by atoms with Crippen LogP contribution in [0.25, 0.3) is 0 Å². The van der Waals surface area contributed by atoms with Gasteiger partial charge in [-0.2, -0.15) is 13.2 Å². The normalized spacial score (nSPS) is 11.4. The Hall–Kier alpha value is -0.870. The van der Waals surface area contributed by atoms with Crippen LogP contribution in [0.1, 0.15) is 0 Å². The van der Waals surface area contributed by atoms with Crippen LogP contribution >= 0.6 is 23.5 Å². The van der Waals surface area contributed by atoms with Crippen LogP contribution in [0.5, 0.6) is 0 Å². The topological polar surface area (TPSA) is 75.9 Å². The van der Waals surface area contributed by atoms with Crippen LogP contribution in [-0.2, 0) is 0 Å². The highest BCUT2D eigenvalue weighted by Gasteiger charge is 2.27. The molecule has 0 radical (unpaired) electrons. The monoisotopic (exact) mass is 299 g/mol. The smallest absolute Gasteiger partial charge is 0.369 e. The molecule has 0 unspecified atom stereocenters. The molecule has 4 N–H and O–H groups in total. The molecule has 0 atom stereocenters. The molecule has 0 fully saturated rings. The largest absolute Gasteiger partial charge is 0.441 e. The first-order valence-corrected chi connectivity index (χ1v) is 7.00. The molecule has 0 bridgehead atoms. The van der Waals surface area contributed by atoms with E-state index < -0.39 is 5.51 Å². The van der Waals surface area contributed by atoms with Crippen LogP contribution in [0.4, 0.5) is 24.8 Å². The first-order chi connectivity index (χ1) is 8.44. The van der Waals surface area contributed by atoms with E-state index in [0.29, 0.717) is 16.8 Å². The molecule has 0 saturated heterocycles. The van der Waals surface area contributed by atoms with Gasteiger partial charge in [0.15, 0.2) is 5.16 Å². The molecule has 1 heterocycles. The second kappa shape index (κ2) is 6.90. The summed E-state index contributed by atoms with van der Waals surface area (Å²) in [5, 5.41) is 3.27. The van der Waals surface area contributed by atoms with Crippen LogP contribution in [0.3, 0.4) is 0 Å². The molecule has 0 saturated carbocycles. The highest BCUT2D eigenvalue weighted by atomic mass is 32.2. The summed E-state index contributed by atoms with van der Waals surface area (Å²) < 4.78 is 35.7. The van der Waals surface area contributed by atoms with Crippen molar-refractivity contribution in [2.24, 2.45) is 5.84 Å². The van der Waals surface area contributed by atoms with Gasteiger partial charge in [-0.15, -0.1) is 0 Å². The molecule has 0 aromatic carbocycles. The van der Waals surface area contributed by atoms with E-state index in [1.807, 2.05) is 0 Å². The fourth-order valence-electron chi connectivity index (χ4n) is 1.03. The fourth-order valence-corrected chi connectivity index (χ4v) is 1.84. The van der Waals surface area contributed by atoms with Crippen LogP contribution in [0.15, 0.2) is 11.2 Å². The number of halogens is 3. The van der Waals surface area contributed by atoms with Crippen LogP contribution < -0.4 is 16.6 Å². The third-order valence-corrected chi connectivity index (χ3v) is 2.99. The SMILES string of the molecule is CSc1nc(NN)cc(NCCSC(F)(F)F)n1. The van der Waals surface area contributed by atoms with Crippen LogP contribution in [0, 0.1) is 0 Å². The highest BCUT2D eigenvalue weighted by Crippen LogP contribution is 2.29. The third-order valence-electron chi connectivity index (χ3n) is 1.71. The van der Waals surface area contributed by atoms with E-state index in [1.54, 1.807) is 6.26 Å². The molecule has 0 aliphatic carbocycles. The lowest BCUT2D eigenvalue weighted by molar-refractivity contribution is -0.0327. The van der Waals surface area contributed by atoms with E-state index in [0.717, 1.165) is 0 Å². The summed E-state index contributed by atoms with van der Waals surface area (Å²) in [6.45, 7) is 0.152. The third kappa shape index (κ3) is 5.65. The van der Waals surface area contributed by atoms with E-state index >= 15 is 0 Å². The summed E-state index contributed by atoms with van der Waals surface area (Å²) in [5.74, 6) is 5.97. The predicted octanol–water partition coefficient (Wildman–Crippen LogP) is 2.15. The lowest BCUT2D eigenvalue weighted by Gasteiger charge is -2.09. The molecule has 1 rings (SSSR count). The first kappa shape index (κ1) is 15.2. The quantitative estimate of drug-likeness (QED) is 0.244. The van der Waals surface area contributed by atoms with Gasteiger partial charge < -0.3 is 10.7 Å². The molecular weight excluding hydrogens is 287 g/mol. The molecule has 0 spiro atoms. The maximum absolute atomic E-state index is 11.9. The lowest BCUT2D eigenvalue weighted by Crippen LogP contribution is -2.13. The summed E-state index contributed by atoms with van der Waals surface area (Å²) in [5.41, 5.74) is -1.84. The molecule has 0 aliphatic heterocycles. The zero-order valence-corrected chi connectivity index (χ0v) is 11.0. The van der Waals surface area contributed by atoms with E-state index in [1.165, 1.54) is 17.8 Å². The van der Waals surface area contributed by atoms with Gasteiger partial charge in [0.2, 0.25) is 0 Å². The van der Waals surface area contributed by atoms with Gasteiger partial charge in [-0.3, -0.25) is 0 Å². The second-order valence-corrected chi connectivity index (χ2v) is 4.92. The number of alkyl halides is 3. The predicted molar refractivity (Wildman–Crippen MR) is 68.6 cm³/mol. The Balaban J connectivity index is 2.51. The number of nitrogens with zero attached hydrogens (tertiary/aromatic N) is 2. The number of aromatic nitrogens is 2. The van der Waals surface area contributed by atoms with E-state index in [-0.39, 0.29) is 24.1 Å². The summed E-state index contributed by atoms with van der Waals surface area (Å²) >= 11 is 1.23. The number of nitrogens with two attached hydrogens (primary N) is 1. The summed E-state index contributed by atoms with van der Waals surface area (Å²) in [6, 6.07) is 1.53. The maximum Gasteiger partial charge on any atom is 0.441 e. The molecule has 0 aliphatic rings. The minimum atomic E-state index is -4.21. The molecule has 18 heavy (non-hydrogen) atoms. The summed E-state index contributed by atoms with van der Waals surface area (Å²) in [6.07, 6.45) is 1.79. The first-order valence-electron chi connectivity index (χ1n) is 4.79. The fraction of sp³-hybridized carbons (Fsp3) is 0.500. The van der Waals surface area contributed by atoms with Crippen molar-refractivity contribution in [1.82, 2.24) is 9.97 Å². The van der Waals surface area contributed by atoms with E-state index in [4.69, 9.17) is 5.84 Å². The number of hydrogen-bond acceptors (Lipinski definition) is 7. The van der Waals surface area contributed by atoms with Gasteiger partial charge in [-0.05, 0) is 18.0 Å². The Morgan fingerprint density at radius 1 is 1.33 bits per heavy atom. The highest BCUT2D eigenvalue weighted by molar-refractivity contribution is 8.00. The number of thioether (sulfide) groups is 2. The maximum atomic E-state index is 11.9. The molecule has 1 aromatic rings. The summed E-state index contributed by atoms with van der Waals surface area (Å²) in [7, 11) is 0. The van der Waals surface area contributed by atoms with Gasteiger partial charge in [-0.1, -0.05) is 11.8 Å². The Labute approximate surface area is 110 Å². The van der Waals surface area contributed by atoms with E-state index in [2.05, 4.69) is 20.7 Å². The van der Waals surface area contributed by atoms with Gasteiger partial charge >= 0.3 is 5.51 Å². The Kier molecular flexibility index (Phi) is 5.82. The number of nitrogen functional groups attached to an aromatic ring is 1. The number of rotatable bonds is 6.